The van der Waals surface area contributed by atoms with Gasteiger partial charge in [-0.1, -0.05) is 0 Å². The molecule has 0 saturated carbocycles. The maximum absolute atomic E-state index is 13.3. The molecule has 25 heteroatoms. The molecular weight excluding hydrogens is 606 g/mol. The first-order valence-electron chi connectivity index (χ1n) is 6.76. The van der Waals surface area contributed by atoms with Crippen LogP contribution in [0.5, 0.6) is 0 Å². The normalized spacial score (nSPS) is 17.2. The summed E-state index contributed by atoms with van der Waals surface area (Å²) in [5.41, 5.74) is 0. The van der Waals surface area contributed by atoms with Crippen LogP contribution in [0.25, 0.3) is 0 Å². The maximum Gasteiger partial charge on any atom is 1.00 e. The molecule has 0 amide bonds. The van der Waals surface area contributed by atoms with Crippen molar-refractivity contribution >= 4 is 11.1 Å². The van der Waals surface area contributed by atoms with Gasteiger partial charge in [0.25, 0.3) is 0 Å². The summed E-state index contributed by atoms with van der Waals surface area (Å²) in [6.45, 7) is 0. The Labute approximate surface area is 200 Å². The van der Waals surface area contributed by atoms with Crippen molar-refractivity contribution in [2.45, 2.75) is 58.8 Å². The molecule has 0 bridgehead atoms. The van der Waals surface area contributed by atoms with Gasteiger partial charge in [-0.15, -0.1) is 0 Å². The largest absolute Gasteiger partial charge is 1.00 e. The van der Waals surface area contributed by atoms with Gasteiger partial charge in [-0.2, -0.15) is 92.2 Å². The zero-order chi connectivity index (χ0) is 28.6. The molecule has 0 aliphatic carbocycles. The molecule has 0 aromatic carbocycles. The zero-order valence-corrected chi connectivity index (χ0v) is 18.0. The van der Waals surface area contributed by atoms with Crippen LogP contribution in [0.1, 0.15) is 0 Å². The average molecular weight is 606 g/mol. The summed E-state index contributed by atoms with van der Waals surface area (Å²) in [6, 6.07) is 0. The van der Waals surface area contributed by atoms with E-state index in [4.69, 9.17) is 0 Å². The van der Waals surface area contributed by atoms with Crippen LogP contribution in [0, 0.1) is 0 Å². The zero-order valence-electron chi connectivity index (χ0n) is 15.2. The monoisotopic (exact) mass is 606 g/mol. The number of hydrogen-bond donors (Lipinski definition) is 0. The first-order chi connectivity index (χ1) is 14.2. The van der Waals surface area contributed by atoms with E-state index >= 15 is 0 Å². The van der Waals surface area contributed by atoms with Gasteiger partial charge in [-0.05, 0) is 0 Å². The molecule has 0 heterocycles. The van der Waals surface area contributed by atoms with Crippen molar-refractivity contribution in [1.82, 2.24) is 0 Å². The van der Waals surface area contributed by atoms with Crippen LogP contribution in [-0.2, 0) is 11.1 Å². The predicted molar refractivity (Wildman–Crippen MR) is 59.5 cm³/mol. The van der Waals surface area contributed by atoms with Crippen LogP contribution < -0.4 is 29.6 Å². The molecule has 0 fully saturated rings. The van der Waals surface area contributed by atoms with Crippen molar-refractivity contribution in [3.05, 3.63) is 0 Å². The molecule has 35 heavy (non-hydrogen) atoms. The van der Waals surface area contributed by atoms with Gasteiger partial charge < -0.3 is 4.55 Å². The summed E-state index contributed by atoms with van der Waals surface area (Å²) in [5, 5.41) is -7.61. The molecule has 0 saturated heterocycles. The van der Waals surface area contributed by atoms with Gasteiger partial charge in [-0.25, -0.2) is 0 Å². The van der Waals surface area contributed by atoms with E-state index in [1.54, 1.807) is 0 Å². The SMILES string of the molecule is O=S([O-])C(F)(F)C(F)(F)C(F)(F)C(F)(F)C(F)(F)C(F)(F)C(F)(F)C(F)(F)C(F)(F)C(F)(F)F.[Na+]. The van der Waals surface area contributed by atoms with E-state index in [1.807, 2.05) is 0 Å². The van der Waals surface area contributed by atoms with E-state index in [1.165, 1.54) is 0 Å². The van der Waals surface area contributed by atoms with Gasteiger partial charge >= 0.3 is 88.4 Å². The van der Waals surface area contributed by atoms with E-state index in [9.17, 15) is 101 Å². The Morgan fingerprint density at radius 1 is 0.371 bits per heavy atom. The van der Waals surface area contributed by atoms with E-state index < -0.39 is 69.9 Å². The van der Waals surface area contributed by atoms with Crippen molar-refractivity contribution in [2.24, 2.45) is 0 Å². The van der Waals surface area contributed by atoms with Crippen molar-refractivity contribution in [3.8, 4) is 0 Å². The quantitative estimate of drug-likeness (QED) is 0.230. The predicted octanol–water partition coefficient (Wildman–Crippen LogP) is 3.11. The van der Waals surface area contributed by atoms with Crippen LogP contribution in [-0.4, -0.2) is 67.6 Å². The number of hydrogen-bond acceptors (Lipinski definition) is 2. The molecule has 0 radical (unpaired) electrons. The maximum atomic E-state index is 13.3. The Bertz CT molecular complexity index is 800. The standard InChI is InChI=1S/C10HF21O2S.Na/c11-1(12,3(15,16)5(19,20)7(23,24)9(27,28)29)2(13,14)4(17,18)6(21,22)8(25,26)10(30,31)34(32)33;/h(H,32,33);/q;+1/p-1. The molecule has 1 unspecified atom stereocenters. The number of rotatable bonds is 9. The number of halogens is 21. The van der Waals surface area contributed by atoms with Crippen LogP contribution in [0.15, 0.2) is 0 Å². The Hall–Kier alpha value is -0.360. The van der Waals surface area contributed by atoms with Gasteiger partial charge in [0.1, 0.15) is 0 Å². The Kier molecular flexibility index (Phi) is 9.60. The summed E-state index contributed by atoms with van der Waals surface area (Å²) in [7, 11) is 0. The van der Waals surface area contributed by atoms with Gasteiger partial charge in [0, 0.05) is 11.1 Å². The van der Waals surface area contributed by atoms with Crippen molar-refractivity contribution < 1.29 is 131 Å². The van der Waals surface area contributed by atoms with Crippen LogP contribution in [0.2, 0.25) is 0 Å². The van der Waals surface area contributed by atoms with Crippen molar-refractivity contribution in [3.63, 3.8) is 0 Å². The molecular formula is C10F21NaO2S. The minimum absolute atomic E-state index is 0. The molecule has 2 nitrogen and oxygen atoms in total. The number of alkyl halides is 21. The summed E-state index contributed by atoms with van der Waals surface area (Å²) in [5.74, 6) is -71.7. The Morgan fingerprint density at radius 3 is 0.714 bits per heavy atom. The van der Waals surface area contributed by atoms with Crippen molar-refractivity contribution in [1.29, 1.82) is 0 Å². The van der Waals surface area contributed by atoms with Crippen molar-refractivity contribution in [2.75, 3.05) is 0 Å². The van der Waals surface area contributed by atoms with E-state index in [2.05, 4.69) is 0 Å². The summed E-state index contributed by atoms with van der Waals surface area (Å²) >= 11 is -6.00. The molecule has 206 valence electrons. The van der Waals surface area contributed by atoms with Gasteiger partial charge in [-0.3, -0.25) is 4.21 Å². The fraction of sp³-hybridized carbons (Fsp3) is 1.00. The van der Waals surface area contributed by atoms with Gasteiger partial charge in [0.15, 0.2) is 0 Å². The third-order valence-corrected chi connectivity index (χ3v) is 4.37. The van der Waals surface area contributed by atoms with E-state index in [0.717, 1.165) is 0 Å². The van der Waals surface area contributed by atoms with Gasteiger partial charge in [0.05, 0.1) is 0 Å². The summed E-state index contributed by atoms with van der Waals surface area (Å²) < 4.78 is 289. The molecule has 0 aliphatic heterocycles. The topological polar surface area (TPSA) is 40.1 Å². The third-order valence-electron chi connectivity index (χ3n) is 3.69. The molecule has 0 rings (SSSR count). The molecule has 0 spiro atoms. The molecule has 0 aliphatic rings. The van der Waals surface area contributed by atoms with E-state index in [0.29, 0.717) is 0 Å². The fourth-order valence-corrected chi connectivity index (χ4v) is 1.99. The first kappa shape index (κ1) is 36.8. The average Bonchev–Trinajstić information content (AvgIpc) is 2.58. The molecule has 0 N–H and O–H groups in total. The Balaban J connectivity index is 0. The minimum atomic E-state index is -9.29. The third kappa shape index (κ3) is 4.49. The summed E-state index contributed by atoms with van der Waals surface area (Å²) in [6.07, 6.45) is -8.05. The van der Waals surface area contributed by atoms with Crippen LogP contribution in [0.3, 0.4) is 0 Å². The molecule has 0 aromatic heterocycles. The van der Waals surface area contributed by atoms with E-state index in [-0.39, 0.29) is 29.6 Å². The van der Waals surface area contributed by atoms with Crippen LogP contribution >= 0.6 is 0 Å². The van der Waals surface area contributed by atoms with Gasteiger partial charge in [0.2, 0.25) is 0 Å². The fourth-order valence-electron chi connectivity index (χ4n) is 1.65. The van der Waals surface area contributed by atoms with Crippen LogP contribution in [0.4, 0.5) is 92.2 Å². The molecule has 0 aromatic rings. The first-order valence-corrected chi connectivity index (χ1v) is 7.83. The summed E-state index contributed by atoms with van der Waals surface area (Å²) in [4.78, 5) is 0. The second-order valence-corrected chi connectivity index (χ2v) is 6.83. The molecule has 1 atom stereocenters. The Morgan fingerprint density at radius 2 is 0.543 bits per heavy atom. The minimum Gasteiger partial charge on any atom is -0.768 e. The second-order valence-electron chi connectivity index (χ2n) is 5.84. The smallest absolute Gasteiger partial charge is 0.768 e. The second kappa shape index (κ2) is 9.13.